The van der Waals surface area contributed by atoms with Crippen molar-refractivity contribution in [1.29, 1.82) is 0 Å². The summed E-state index contributed by atoms with van der Waals surface area (Å²) < 4.78 is 6.00. The summed E-state index contributed by atoms with van der Waals surface area (Å²) in [6.45, 7) is 10.3. The maximum absolute atomic E-state index is 6.18. The molecule has 0 saturated carbocycles. The van der Waals surface area contributed by atoms with Crippen LogP contribution >= 0.6 is 11.6 Å². The SMILES string of the molecule is CCC(N)Cc1cc(Cl)ccc1N1CC(C)OC(C)(C)C1. The molecule has 0 aliphatic carbocycles. The van der Waals surface area contributed by atoms with E-state index in [2.05, 4.69) is 44.7 Å². The van der Waals surface area contributed by atoms with Crippen molar-refractivity contribution in [2.75, 3.05) is 18.0 Å². The third kappa shape index (κ3) is 4.35. The third-order valence-electron chi connectivity index (χ3n) is 3.96. The van der Waals surface area contributed by atoms with Crippen LogP contribution in [0, 0.1) is 0 Å². The Bertz CT molecular complexity index is 490. The van der Waals surface area contributed by atoms with Crippen LogP contribution in [0.25, 0.3) is 0 Å². The minimum atomic E-state index is -0.137. The Labute approximate surface area is 133 Å². The van der Waals surface area contributed by atoms with Gasteiger partial charge in [-0.3, -0.25) is 0 Å². The van der Waals surface area contributed by atoms with Crippen LogP contribution in [0.4, 0.5) is 5.69 Å². The van der Waals surface area contributed by atoms with Crippen LogP contribution in [0.3, 0.4) is 0 Å². The van der Waals surface area contributed by atoms with Crippen LogP contribution < -0.4 is 10.6 Å². The number of benzene rings is 1. The average Bonchev–Trinajstić information content (AvgIpc) is 2.36. The molecule has 2 atom stereocenters. The van der Waals surface area contributed by atoms with Gasteiger partial charge in [0.1, 0.15) is 0 Å². The Hall–Kier alpha value is -0.770. The van der Waals surface area contributed by atoms with Crippen molar-refractivity contribution in [2.24, 2.45) is 5.73 Å². The molecule has 0 spiro atoms. The van der Waals surface area contributed by atoms with Gasteiger partial charge in [-0.15, -0.1) is 0 Å². The van der Waals surface area contributed by atoms with E-state index in [4.69, 9.17) is 22.1 Å². The highest BCUT2D eigenvalue weighted by Crippen LogP contribution is 2.31. The molecule has 2 N–H and O–H groups in total. The van der Waals surface area contributed by atoms with Crippen LogP contribution in [0.1, 0.15) is 39.7 Å². The van der Waals surface area contributed by atoms with E-state index in [0.717, 1.165) is 31.0 Å². The maximum Gasteiger partial charge on any atom is 0.0805 e. The molecule has 3 nitrogen and oxygen atoms in total. The first-order valence-electron chi connectivity index (χ1n) is 7.77. The zero-order valence-electron chi connectivity index (χ0n) is 13.5. The molecule has 1 fully saturated rings. The Morgan fingerprint density at radius 1 is 1.48 bits per heavy atom. The summed E-state index contributed by atoms with van der Waals surface area (Å²) in [5.41, 5.74) is 8.49. The minimum Gasteiger partial charge on any atom is -0.369 e. The lowest BCUT2D eigenvalue weighted by Gasteiger charge is -2.43. The van der Waals surface area contributed by atoms with E-state index in [-0.39, 0.29) is 17.7 Å². The third-order valence-corrected chi connectivity index (χ3v) is 4.19. The summed E-state index contributed by atoms with van der Waals surface area (Å²) in [6, 6.07) is 6.31. The lowest BCUT2D eigenvalue weighted by atomic mass is 9.99. The summed E-state index contributed by atoms with van der Waals surface area (Å²) in [5.74, 6) is 0. The lowest BCUT2D eigenvalue weighted by Crippen LogP contribution is -2.52. The molecule has 1 aromatic carbocycles. The van der Waals surface area contributed by atoms with Gasteiger partial charge in [0.05, 0.1) is 11.7 Å². The van der Waals surface area contributed by atoms with Gasteiger partial charge in [-0.1, -0.05) is 18.5 Å². The van der Waals surface area contributed by atoms with E-state index in [9.17, 15) is 0 Å². The zero-order chi connectivity index (χ0) is 15.6. The van der Waals surface area contributed by atoms with Crippen molar-refractivity contribution >= 4 is 17.3 Å². The Morgan fingerprint density at radius 2 is 2.19 bits per heavy atom. The molecule has 21 heavy (non-hydrogen) atoms. The van der Waals surface area contributed by atoms with Crippen LogP contribution in [0.5, 0.6) is 0 Å². The second-order valence-corrected chi connectivity index (χ2v) is 7.15. The van der Waals surface area contributed by atoms with Gasteiger partial charge in [0.2, 0.25) is 0 Å². The average molecular weight is 311 g/mol. The molecule has 1 aliphatic heterocycles. The second kappa shape index (κ2) is 6.55. The topological polar surface area (TPSA) is 38.5 Å². The van der Waals surface area contributed by atoms with Crippen molar-refractivity contribution in [1.82, 2.24) is 0 Å². The van der Waals surface area contributed by atoms with E-state index in [1.54, 1.807) is 0 Å². The predicted octanol–water partition coefficient (Wildman–Crippen LogP) is 3.62. The number of hydrogen-bond acceptors (Lipinski definition) is 3. The molecule has 1 aromatic rings. The molecule has 1 heterocycles. The molecule has 118 valence electrons. The van der Waals surface area contributed by atoms with Crippen LogP contribution in [-0.4, -0.2) is 30.8 Å². The van der Waals surface area contributed by atoms with E-state index < -0.39 is 0 Å². The van der Waals surface area contributed by atoms with E-state index >= 15 is 0 Å². The molecule has 0 amide bonds. The van der Waals surface area contributed by atoms with E-state index in [0.29, 0.717) is 0 Å². The van der Waals surface area contributed by atoms with Crippen LogP contribution in [-0.2, 0) is 11.2 Å². The van der Waals surface area contributed by atoms with E-state index in [1.165, 1.54) is 11.3 Å². The van der Waals surface area contributed by atoms with Gasteiger partial charge in [-0.05, 0) is 57.4 Å². The summed E-state index contributed by atoms with van der Waals surface area (Å²) in [7, 11) is 0. The number of morpholine rings is 1. The molecule has 4 heteroatoms. The fourth-order valence-electron chi connectivity index (χ4n) is 3.09. The zero-order valence-corrected chi connectivity index (χ0v) is 14.3. The summed E-state index contributed by atoms with van der Waals surface area (Å²) in [5, 5.41) is 0.776. The number of halogens is 1. The highest BCUT2D eigenvalue weighted by Gasteiger charge is 2.32. The smallest absolute Gasteiger partial charge is 0.0805 e. The molecule has 0 aromatic heterocycles. The van der Waals surface area contributed by atoms with Crippen LogP contribution in [0.15, 0.2) is 18.2 Å². The Kier molecular flexibility index (Phi) is 5.18. The summed E-state index contributed by atoms with van der Waals surface area (Å²) >= 11 is 6.18. The first-order valence-corrected chi connectivity index (χ1v) is 8.15. The molecule has 2 rings (SSSR count). The number of ether oxygens (including phenoxy) is 1. The number of nitrogens with two attached hydrogens (primary N) is 1. The van der Waals surface area contributed by atoms with Crippen molar-refractivity contribution in [3.8, 4) is 0 Å². The number of nitrogens with zero attached hydrogens (tertiary/aromatic N) is 1. The van der Waals surface area contributed by atoms with Crippen molar-refractivity contribution < 1.29 is 4.74 Å². The van der Waals surface area contributed by atoms with Crippen molar-refractivity contribution in [3.05, 3.63) is 28.8 Å². The minimum absolute atomic E-state index is 0.137. The molecule has 0 radical (unpaired) electrons. The van der Waals surface area contributed by atoms with Gasteiger partial charge in [0, 0.05) is 29.8 Å². The van der Waals surface area contributed by atoms with E-state index in [1.807, 2.05) is 6.07 Å². The van der Waals surface area contributed by atoms with Gasteiger partial charge < -0.3 is 15.4 Å². The standard InChI is InChI=1S/C17H27ClN2O/c1-5-15(19)9-13-8-14(18)6-7-16(13)20-10-12(2)21-17(3,4)11-20/h6-8,12,15H,5,9-11,19H2,1-4H3. The van der Waals surface area contributed by atoms with Gasteiger partial charge in [0.15, 0.2) is 0 Å². The summed E-state index contributed by atoms with van der Waals surface area (Å²) in [4.78, 5) is 2.40. The van der Waals surface area contributed by atoms with Crippen molar-refractivity contribution in [3.63, 3.8) is 0 Å². The van der Waals surface area contributed by atoms with Gasteiger partial charge in [-0.25, -0.2) is 0 Å². The number of rotatable bonds is 4. The number of anilines is 1. The van der Waals surface area contributed by atoms with Gasteiger partial charge in [-0.2, -0.15) is 0 Å². The highest BCUT2D eigenvalue weighted by molar-refractivity contribution is 6.30. The number of hydrogen-bond donors (Lipinski definition) is 1. The van der Waals surface area contributed by atoms with Crippen molar-refractivity contribution in [2.45, 2.75) is 58.3 Å². The quantitative estimate of drug-likeness (QED) is 0.923. The fraction of sp³-hybridized carbons (Fsp3) is 0.647. The molecule has 0 bridgehead atoms. The lowest BCUT2D eigenvalue weighted by molar-refractivity contribution is -0.0750. The normalized spacial score (nSPS) is 23.1. The molecule has 1 saturated heterocycles. The van der Waals surface area contributed by atoms with Gasteiger partial charge >= 0.3 is 0 Å². The predicted molar refractivity (Wildman–Crippen MR) is 90.3 cm³/mol. The highest BCUT2D eigenvalue weighted by atomic mass is 35.5. The van der Waals surface area contributed by atoms with Crippen LogP contribution in [0.2, 0.25) is 5.02 Å². The molecular formula is C17H27ClN2O. The van der Waals surface area contributed by atoms with Gasteiger partial charge in [0.25, 0.3) is 0 Å². The molecule has 2 unspecified atom stereocenters. The first kappa shape index (κ1) is 16.6. The maximum atomic E-state index is 6.18. The summed E-state index contributed by atoms with van der Waals surface area (Å²) in [6.07, 6.45) is 2.05. The Balaban J connectivity index is 2.29. The first-order chi connectivity index (χ1) is 9.80. The monoisotopic (exact) mass is 310 g/mol. The fourth-order valence-corrected chi connectivity index (χ4v) is 3.28. The molecule has 1 aliphatic rings. The largest absolute Gasteiger partial charge is 0.369 e. The second-order valence-electron chi connectivity index (χ2n) is 6.71. The Morgan fingerprint density at radius 3 is 2.81 bits per heavy atom. The molecular weight excluding hydrogens is 284 g/mol.